The SMILES string of the molecule is CCNc1cc(N(C)CC2CCCC2)nc(C)n1. The Balaban J connectivity index is 2.05. The van der Waals surface area contributed by atoms with Crippen LogP contribution in [0.5, 0.6) is 0 Å². The fraction of sp³-hybridized carbons (Fsp3) is 0.714. The molecule has 0 aliphatic heterocycles. The normalized spacial score (nSPS) is 15.9. The maximum atomic E-state index is 4.53. The summed E-state index contributed by atoms with van der Waals surface area (Å²) < 4.78 is 0. The van der Waals surface area contributed by atoms with Crippen LogP contribution in [0, 0.1) is 12.8 Å². The van der Waals surface area contributed by atoms with Gasteiger partial charge in [0, 0.05) is 26.2 Å². The van der Waals surface area contributed by atoms with Crippen molar-refractivity contribution in [3.63, 3.8) is 0 Å². The highest BCUT2D eigenvalue weighted by molar-refractivity contribution is 5.48. The van der Waals surface area contributed by atoms with Gasteiger partial charge in [0.15, 0.2) is 0 Å². The second-order valence-corrected chi connectivity index (χ2v) is 5.22. The molecule has 1 fully saturated rings. The highest BCUT2D eigenvalue weighted by atomic mass is 15.2. The molecule has 1 aliphatic rings. The molecule has 1 aromatic rings. The van der Waals surface area contributed by atoms with E-state index in [1.165, 1.54) is 25.7 Å². The molecule has 0 aromatic carbocycles. The minimum absolute atomic E-state index is 0.835. The summed E-state index contributed by atoms with van der Waals surface area (Å²) in [6.45, 7) is 6.04. The predicted molar refractivity (Wildman–Crippen MR) is 76.2 cm³/mol. The fourth-order valence-electron chi connectivity index (χ4n) is 2.69. The Labute approximate surface area is 110 Å². The molecule has 100 valence electrons. The van der Waals surface area contributed by atoms with Gasteiger partial charge in [-0.2, -0.15) is 0 Å². The summed E-state index contributed by atoms with van der Waals surface area (Å²) in [6.07, 6.45) is 5.52. The Morgan fingerprint density at radius 1 is 1.33 bits per heavy atom. The molecule has 1 N–H and O–H groups in total. The Morgan fingerprint density at radius 3 is 2.72 bits per heavy atom. The average Bonchev–Trinajstić information content (AvgIpc) is 2.81. The molecule has 4 heteroatoms. The van der Waals surface area contributed by atoms with E-state index in [9.17, 15) is 0 Å². The molecule has 1 aliphatic carbocycles. The van der Waals surface area contributed by atoms with Crippen LogP contribution in [0.4, 0.5) is 11.6 Å². The van der Waals surface area contributed by atoms with Gasteiger partial charge in [0.2, 0.25) is 0 Å². The van der Waals surface area contributed by atoms with Crippen molar-refractivity contribution in [3.05, 3.63) is 11.9 Å². The van der Waals surface area contributed by atoms with Gasteiger partial charge in [-0.15, -0.1) is 0 Å². The Kier molecular flexibility index (Phi) is 4.39. The zero-order chi connectivity index (χ0) is 13.0. The number of aryl methyl sites for hydroxylation is 1. The second-order valence-electron chi connectivity index (χ2n) is 5.22. The van der Waals surface area contributed by atoms with Crippen LogP contribution in [-0.2, 0) is 0 Å². The standard InChI is InChI=1S/C14H24N4/c1-4-15-13-9-14(17-11(2)16-13)18(3)10-12-7-5-6-8-12/h9,12H,4-8,10H2,1-3H3,(H,15,16,17). The lowest BCUT2D eigenvalue weighted by Gasteiger charge is -2.22. The van der Waals surface area contributed by atoms with E-state index in [2.05, 4.69) is 34.2 Å². The van der Waals surface area contributed by atoms with Gasteiger partial charge in [-0.1, -0.05) is 12.8 Å². The van der Waals surface area contributed by atoms with Crippen molar-refractivity contribution in [1.29, 1.82) is 0 Å². The molecule has 2 rings (SSSR count). The van der Waals surface area contributed by atoms with E-state index in [1.54, 1.807) is 0 Å². The van der Waals surface area contributed by atoms with Crippen molar-refractivity contribution in [1.82, 2.24) is 9.97 Å². The summed E-state index contributed by atoms with van der Waals surface area (Å²) in [5.41, 5.74) is 0. The molecule has 0 radical (unpaired) electrons. The molecule has 18 heavy (non-hydrogen) atoms. The van der Waals surface area contributed by atoms with Crippen LogP contribution in [0.2, 0.25) is 0 Å². The lowest BCUT2D eigenvalue weighted by Crippen LogP contribution is -2.25. The van der Waals surface area contributed by atoms with Crippen LogP contribution in [0.15, 0.2) is 6.07 Å². The quantitative estimate of drug-likeness (QED) is 0.870. The number of rotatable bonds is 5. The van der Waals surface area contributed by atoms with Crippen molar-refractivity contribution in [2.75, 3.05) is 30.4 Å². The lowest BCUT2D eigenvalue weighted by molar-refractivity contribution is 0.544. The molecule has 0 bridgehead atoms. The molecule has 0 saturated heterocycles. The number of anilines is 2. The maximum absolute atomic E-state index is 4.53. The van der Waals surface area contributed by atoms with Crippen LogP contribution < -0.4 is 10.2 Å². The van der Waals surface area contributed by atoms with Crippen molar-refractivity contribution in [3.8, 4) is 0 Å². The van der Waals surface area contributed by atoms with Crippen LogP contribution in [-0.4, -0.2) is 30.1 Å². The first-order chi connectivity index (χ1) is 8.69. The van der Waals surface area contributed by atoms with Gasteiger partial charge in [0.25, 0.3) is 0 Å². The van der Waals surface area contributed by atoms with Crippen LogP contribution in [0.3, 0.4) is 0 Å². The first kappa shape index (κ1) is 13.1. The first-order valence-corrected chi connectivity index (χ1v) is 6.99. The monoisotopic (exact) mass is 248 g/mol. The topological polar surface area (TPSA) is 41.0 Å². The van der Waals surface area contributed by atoms with Crippen LogP contribution >= 0.6 is 0 Å². The average molecular weight is 248 g/mol. The van der Waals surface area contributed by atoms with E-state index >= 15 is 0 Å². The van der Waals surface area contributed by atoms with Crippen molar-refractivity contribution >= 4 is 11.6 Å². The molecule has 1 aromatic heterocycles. The summed E-state index contributed by atoms with van der Waals surface area (Å²) in [5, 5.41) is 3.26. The molecule has 0 unspecified atom stereocenters. The third-order valence-electron chi connectivity index (χ3n) is 3.58. The van der Waals surface area contributed by atoms with Gasteiger partial charge in [0.05, 0.1) is 0 Å². The van der Waals surface area contributed by atoms with Crippen molar-refractivity contribution in [2.45, 2.75) is 39.5 Å². The third-order valence-corrected chi connectivity index (χ3v) is 3.58. The highest BCUT2D eigenvalue weighted by Crippen LogP contribution is 2.26. The highest BCUT2D eigenvalue weighted by Gasteiger charge is 2.18. The zero-order valence-corrected chi connectivity index (χ0v) is 11.7. The van der Waals surface area contributed by atoms with E-state index in [0.717, 1.165) is 36.5 Å². The smallest absolute Gasteiger partial charge is 0.134 e. The molecule has 0 spiro atoms. The minimum Gasteiger partial charge on any atom is -0.370 e. The van der Waals surface area contributed by atoms with Gasteiger partial charge in [-0.05, 0) is 32.6 Å². The Morgan fingerprint density at radius 2 is 2.06 bits per heavy atom. The molecule has 0 atom stereocenters. The van der Waals surface area contributed by atoms with E-state index < -0.39 is 0 Å². The molecular formula is C14H24N4. The summed E-state index contributed by atoms with van der Waals surface area (Å²) in [4.78, 5) is 11.2. The van der Waals surface area contributed by atoms with Crippen LogP contribution in [0.25, 0.3) is 0 Å². The van der Waals surface area contributed by atoms with Gasteiger partial charge >= 0.3 is 0 Å². The van der Waals surface area contributed by atoms with Gasteiger partial charge in [-0.3, -0.25) is 0 Å². The van der Waals surface area contributed by atoms with Crippen LogP contribution in [0.1, 0.15) is 38.4 Å². The van der Waals surface area contributed by atoms with E-state index in [4.69, 9.17) is 0 Å². The van der Waals surface area contributed by atoms with E-state index in [-0.39, 0.29) is 0 Å². The lowest BCUT2D eigenvalue weighted by atomic mass is 10.1. The number of hydrogen-bond donors (Lipinski definition) is 1. The molecule has 1 saturated carbocycles. The fourth-order valence-corrected chi connectivity index (χ4v) is 2.69. The first-order valence-electron chi connectivity index (χ1n) is 6.99. The zero-order valence-electron chi connectivity index (χ0n) is 11.7. The summed E-state index contributed by atoms with van der Waals surface area (Å²) in [7, 11) is 2.13. The van der Waals surface area contributed by atoms with E-state index in [0.29, 0.717) is 0 Å². The summed E-state index contributed by atoms with van der Waals surface area (Å²) >= 11 is 0. The van der Waals surface area contributed by atoms with Crippen molar-refractivity contribution < 1.29 is 0 Å². The second kappa shape index (κ2) is 6.03. The molecule has 1 heterocycles. The summed E-state index contributed by atoms with van der Waals surface area (Å²) in [5.74, 6) is 3.64. The predicted octanol–water partition coefficient (Wildman–Crippen LogP) is 2.84. The largest absolute Gasteiger partial charge is 0.370 e. The number of hydrogen-bond acceptors (Lipinski definition) is 4. The summed E-state index contributed by atoms with van der Waals surface area (Å²) in [6, 6.07) is 2.05. The maximum Gasteiger partial charge on any atom is 0.134 e. The number of nitrogens with zero attached hydrogens (tertiary/aromatic N) is 3. The Hall–Kier alpha value is -1.32. The number of nitrogens with one attached hydrogen (secondary N) is 1. The molecular weight excluding hydrogens is 224 g/mol. The Bertz CT molecular complexity index is 385. The van der Waals surface area contributed by atoms with E-state index in [1.807, 2.05) is 13.0 Å². The molecule has 4 nitrogen and oxygen atoms in total. The minimum atomic E-state index is 0.835. The molecule has 0 amide bonds. The van der Waals surface area contributed by atoms with Gasteiger partial charge < -0.3 is 10.2 Å². The number of aromatic nitrogens is 2. The third kappa shape index (κ3) is 3.34. The van der Waals surface area contributed by atoms with Gasteiger partial charge in [-0.25, -0.2) is 9.97 Å². The van der Waals surface area contributed by atoms with Crippen molar-refractivity contribution in [2.24, 2.45) is 5.92 Å². The van der Waals surface area contributed by atoms with Gasteiger partial charge in [0.1, 0.15) is 17.5 Å².